The van der Waals surface area contributed by atoms with Gasteiger partial charge in [-0.05, 0) is 48.0 Å². The molecular weight excluding hydrogens is 455 g/mol. The third kappa shape index (κ3) is 4.65. The number of likely N-dealkylation sites (tertiary alicyclic amines) is 1. The second-order valence-corrected chi connectivity index (χ2v) is 8.82. The Hall–Kier alpha value is -3.35. The van der Waals surface area contributed by atoms with E-state index in [0.29, 0.717) is 23.1 Å². The summed E-state index contributed by atoms with van der Waals surface area (Å²) in [5, 5.41) is 14.6. The van der Waals surface area contributed by atoms with Crippen LogP contribution in [0.5, 0.6) is 11.5 Å². The Morgan fingerprint density at radius 2 is 1.71 bits per heavy atom. The molecule has 0 unspecified atom stereocenters. The smallest absolute Gasteiger partial charge is 0.175 e. The summed E-state index contributed by atoms with van der Waals surface area (Å²) in [6, 6.07) is 22.1. The van der Waals surface area contributed by atoms with Crippen molar-refractivity contribution in [1.82, 2.24) is 10.1 Å². The van der Waals surface area contributed by atoms with Gasteiger partial charge in [-0.2, -0.15) is 0 Å². The highest BCUT2D eigenvalue weighted by Gasteiger charge is 2.26. The van der Waals surface area contributed by atoms with Crippen LogP contribution in [0.3, 0.4) is 0 Å². The fourth-order valence-electron chi connectivity index (χ4n) is 4.17. The summed E-state index contributed by atoms with van der Waals surface area (Å²) < 4.78 is 24.3. The second kappa shape index (κ2) is 9.87. The first-order chi connectivity index (χ1) is 16.6. The number of phenols is 1. The summed E-state index contributed by atoms with van der Waals surface area (Å²) in [5.74, 6) is 1.70. The minimum absolute atomic E-state index is 0.177. The van der Waals surface area contributed by atoms with E-state index in [-0.39, 0.29) is 18.3 Å². The number of hydrogen-bond acceptors (Lipinski definition) is 5. The van der Waals surface area contributed by atoms with Gasteiger partial charge in [-0.3, -0.25) is 9.29 Å². The SMILES string of the molecule is Oc1ccc(-c2onc(-c3ccccc3Cl)c2-c2ccc(OCCN3CC(CF)C3)cc2)cc1. The van der Waals surface area contributed by atoms with Crippen molar-refractivity contribution in [3.8, 4) is 45.2 Å². The van der Waals surface area contributed by atoms with E-state index < -0.39 is 0 Å². The van der Waals surface area contributed by atoms with Crippen molar-refractivity contribution >= 4 is 11.6 Å². The van der Waals surface area contributed by atoms with E-state index in [4.69, 9.17) is 20.9 Å². The van der Waals surface area contributed by atoms with E-state index in [0.717, 1.165) is 47.6 Å². The molecule has 1 aromatic heterocycles. The molecule has 5 nitrogen and oxygen atoms in total. The highest BCUT2D eigenvalue weighted by molar-refractivity contribution is 6.33. The van der Waals surface area contributed by atoms with Crippen molar-refractivity contribution in [3.63, 3.8) is 0 Å². The third-order valence-corrected chi connectivity index (χ3v) is 6.35. The van der Waals surface area contributed by atoms with Gasteiger partial charge >= 0.3 is 0 Å². The van der Waals surface area contributed by atoms with Gasteiger partial charge in [-0.1, -0.05) is 47.1 Å². The molecule has 0 bridgehead atoms. The maximum atomic E-state index is 12.6. The average Bonchev–Trinajstić information content (AvgIpc) is 3.26. The monoisotopic (exact) mass is 478 g/mol. The summed E-state index contributed by atoms with van der Waals surface area (Å²) in [6.45, 7) is 2.69. The van der Waals surface area contributed by atoms with Crippen molar-refractivity contribution in [2.75, 3.05) is 32.9 Å². The molecule has 1 fully saturated rings. The van der Waals surface area contributed by atoms with Crippen LogP contribution >= 0.6 is 11.6 Å². The predicted molar refractivity (Wildman–Crippen MR) is 131 cm³/mol. The Kier molecular flexibility index (Phi) is 6.52. The van der Waals surface area contributed by atoms with E-state index in [2.05, 4.69) is 10.1 Å². The van der Waals surface area contributed by atoms with Crippen LogP contribution in [-0.2, 0) is 0 Å². The lowest BCUT2D eigenvalue weighted by Gasteiger charge is -2.37. The quantitative estimate of drug-likeness (QED) is 0.321. The fourth-order valence-corrected chi connectivity index (χ4v) is 4.40. The zero-order chi connectivity index (χ0) is 23.5. The highest BCUT2D eigenvalue weighted by Crippen LogP contribution is 2.42. The molecule has 0 saturated carbocycles. The van der Waals surface area contributed by atoms with Crippen LogP contribution in [0, 0.1) is 5.92 Å². The molecule has 1 N–H and O–H groups in total. The Morgan fingerprint density at radius 3 is 2.41 bits per heavy atom. The highest BCUT2D eigenvalue weighted by atomic mass is 35.5. The van der Waals surface area contributed by atoms with Crippen molar-refractivity contribution < 1.29 is 18.8 Å². The van der Waals surface area contributed by atoms with E-state index in [1.165, 1.54) is 0 Å². The van der Waals surface area contributed by atoms with Crippen LogP contribution in [0.2, 0.25) is 5.02 Å². The molecule has 7 heteroatoms. The summed E-state index contributed by atoms with van der Waals surface area (Å²) in [5.41, 5.74) is 3.92. The molecule has 1 aliphatic heterocycles. The van der Waals surface area contributed by atoms with E-state index in [9.17, 15) is 9.50 Å². The Bertz CT molecular complexity index is 1250. The molecule has 174 valence electrons. The van der Waals surface area contributed by atoms with E-state index in [1.54, 1.807) is 24.3 Å². The third-order valence-electron chi connectivity index (χ3n) is 6.02. The lowest BCUT2D eigenvalue weighted by Crippen LogP contribution is -2.49. The largest absolute Gasteiger partial charge is 0.508 e. The van der Waals surface area contributed by atoms with Gasteiger partial charge in [0.15, 0.2) is 5.76 Å². The number of nitrogens with zero attached hydrogens (tertiary/aromatic N) is 2. The molecule has 1 saturated heterocycles. The molecule has 0 radical (unpaired) electrons. The number of ether oxygens (including phenoxy) is 1. The zero-order valence-corrected chi connectivity index (χ0v) is 19.2. The molecule has 0 aliphatic carbocycles. The van der Waals surface area contributed by atoms with Crippen LogP contribution in [0.4, 0.5) is 4.39 Å². The number of benzene rings is 3. The normalized spacial score (nSPS) is 14.2. The molecular formula is C27H24ClFN2O3. The van der Waals surface area contributed by atoms with Crippen LogP contribution < -0.4 is 4.74 Å². The first-order valence-electron chi connectivity index (χ1n) is 11.2. The molecule has 3 aromatic carbocycles. The summed E-state index contributed by atoms with van der Waals surface area (Å²) in [4.78, 5) is 2.19. The summed E-state index contributed by atoms with van der Waals surface area (Å²) in [7, 11) is 0. The topological polar surface area (TPSA) is 58.7 Å². The maximum Gasteiger partial charge on any atom is 0.175 e. The van der Waals surface area contributed by atoms with Gasteiger partial charge in [-0.25, -0.2) is 0 Å². The van der Waals surface area contributed by atoms with Gasteiger partial charge in [-0.15, -0.1) is 0 Å². The van der Waals surface area contributed by atoms with Crippen LogP contribution in [0.1, 0.15) is 0 Å². The van der Waals surface area contributed by atoms with Crippen molar-refractivity contribution in [3.05, 3.63) is 77.8 Å². The molecule has 2 heterocycles. The van der Waals surface area contributed by atoms with Gasteiger partial charge in [0.1, 0.15) is 23.8 Å². The first-order valence-corrected chi connectivity index (χ1v) is 11.6. The van der Waals surface area contributed by atoms with Crippen molar-refractivity contribution in [2.45, 2.75) is 0 Å². The van der Waals surface area contributed by atoms with E-state index in [1.807, 2.05) is 48.5 Å². The number of rotatable bonds is 8. The summed E-state index contributed by atoms with van der Waals surface area (Å²) >= 11 is 6.48. The van der Waals surface area contributed by atoms with Crippen molar-refractivity contribution in [2.24, 2.45) is 5.92 Å². The van der Waals surface area contributed by atoms with Gasteiger partial charge in [0.25, 0.3) is 0 Å². The molecule has 0 spiro atoms. The van der Waals surface area contributed by atoms with E-state index >= 15 is 0 Å². The van der Waals surface area contributed by atoms with Gasteiger partial charge in [0, 0.05) is 36.7 Å². The molecule has 34 heavy (non-hydrogen) atoms. The zero-order valence-electron chi connectivity index (χ0n) is 18.5. The average molecular weight is 479 g/mol. The number of alkyl halides is 1. The van der Waals surface area contributed by atoms with Gasteiger partial charge < -0.3 is 14.4 Å². The van der Waals surface area contributed by atoms with Crippen LogP contribution in [0.15, 0.2) is 77.3 Å². The molecule has 0 amide bonds. The minimum Gasteiger partial charge on any atom is -0.508 e. The van der Waals surface area contributed by atoms with Gasteiger partial charge in [0.05, 0.1) is 17.3 Å². The number of phenolic OH excluding ortho intramolecular Hbond substituents is 1. The minimum atomic E-state index is -0.246. The fraction of sp³-hybridized carbons (Fsp3) is 0.222. The lowest BCUT2D eigenvalue weighted by atomic mass is 9.96. The van der Waals surface area contributed by atoms with Crippen LogP contribution in [0.25, 0.3) is 33.7 Å². The first kappa shape index (κ1) is 22.4. The van der Waals surface area contributed by atoms with Gasteiger partial charge in [0.2, 0.25) is 0 Å². The summed E-state index contributed by atoms with van der Waals surface area (Å²) in [6.07, 6.45) is 0. The second-order valence-electron chi connectivity index (χ2n) is 8.41. The standard InChI is InChI=1S/C27H24ClFN2O3/c28-24-4-2-1-3-23(24)26-25(27(34-30-26)20-5-9-21(32)10-6-20)19-7-11-22(12-8-19)33-14-13-31-16-18(15-29)17-31/h1-12,18,32H,13-17H2. The van der Waals surface area contributed by atoms with Crippen LogP contribution in [-0.4, -0.2) is 48.1 Å². The Morgan fingerprint density at radius 1 is 1.00 bits per heavy atom. The van der Waals surface area contributed by atoms with Crippen molar-refractivity contribution in [1.29, 1.82) is 0 Å². The number of halogens is 2. The Balaban J connectivity index is 1.41. The molecule has 4 aromatic rings. The molecule has 0 atom stereocenters. The number of hydrogen-bond donors (Lipinski definition) is 1. The molecule has 1 aliphatic rings. The Labute approximate surface area is 202 Å². The number of aromatic nitrogens is 1. The number of aromatic hydroxyl groups is 1. The molecule has 5 rings (SSSR count). The lowest BCUT2D eigenvalue weighted by molar-refractivity contribution is 0.0668. The maximum absolute atomic E-state index is 12.6. The predicted octanol–water partition coefficient (Wildman–Crippen LogP) is 6.31.